The van der Waals surface area contributed by atoms with Gasteiger partial charge in [-0.2, -0.15) is 13.2 Å². The highest BCUT2D eigenvalue weighted by molar-refractivity contribution is 9.10. The van der Waals surface area contributed by atoms with Gasteiger partial charge in [0, 0.05) is 0 Å². The Balaban J connectivity index is 2.06. The summed E-state index contributed by atoms with van der Waals surface area (Å²) in [4.78, 5) is 6.84. The van der Waals surface area contributed by atoms with Gasteiger partial charge in [-0.1, -0.05) is 11.6 Å². The van der Waals surface area contributed by atoms with Crippen molar-refractivity contribution in [2.24, 2.45) is 0 Å². The molecule has 102 valence electrons. The zero-order valence-corrected chi connectivity index (χ0v) is 12.2. The monoisotopic (exact) mass is 372 g/mol. The zero-order valence-electron chi connectivity index (χ0n) is 9.04. The van der Waals surface area contributed by atoms with Crippen molar-refractivity contribution in [3.8, 4) is 5.88 Å². The van der Waals surface area contributed by atoms with Gasteiger partial charge in [0.05, 0.1) is 6.20 Å². The highest BCUT2D eigenvalue weighted by Gasteiger charge is 2.33. The molecule has 0 aliphatic heterocycles. The van der Waals surface area contributed by atoms with Crippen molar-refractivity contribution in [1.82, 2.24) is 9.97 Å². The highest BCUT2D eigenvalue weighted by atomic mass is 79.9. The van der Waals surface area contributed by atoms with Crippen LogP contribution in [0.3, 0.4) is 0 Å². The molecule has 0 saturated carbocycles. The number of pyridine rings is 1. The van der Waals surface area contributed by atoms with Crippen molar-refractivity contribution in [1.29, 1.82) is 0 Å². The summed E-state index contributed by atoms with van der Waals surface area (Å²) in [6, 6.07) is 3.19. The van der Waals surface area contributed by atoms with Crippen LogP contribution in [0.15, 0.2) is 22.9 Å². The lowest BCUT2D eigenvalue weighted by atomic mass is 10.5. The van der Waals surface area contributed by atoms with Crippen LogP contribution in [0.5, 0.6) is 5.88 Å². The summed E-state index contributed by atoms with van der Waals surface area (Å²) in [5.41, 5.74) is 0. The van der Waals surface area contributed by atoms with Gasteiger partial charge in [-0.15, -0.1) is 11.3 Å². The number of rotatable bonds is 3. The first-order valence-electron chi connectivity index (χ1n) is 4.83. The summed E-state index contributed by atoms with van der Waals surface area (Å²) < 4.78 is 42.9. The van der Waals surface area contributed by atoms with Gasteiger partial charge >= 0.3 is 6.18 Å². The molecule has 0 aromatic carbocycles. The maximum absolute atomic E-state index is 12.4. The normalized spacial score (nSPS) is 11.6. The van der Waals surface area contributed by atoms with E-state index in [4.69, 9.17) is 16.3 Å². The number of ether oxygens (including phenoxy) is 1. The maximum atomic E-state index is 12.4. The van der Waals surface area contributed by atoms with E-state index in [0.717, 1.165) is 6.20 Å². The molecule has 19 heavy (non-hydrogen) atoms. The van der Waals surface area contributed by atoms with Crippen LogP contribution in [0.2, 0.25) is 5.02 Å². The molecule has 0 saturated heterocycles. The lowest BCUT2D eigenvalue weighted by Gasteiger charge is -2.05. The molecule has 9 heteroatoms. The zero-order chi connectivity index (χ0) is 14.0. The smallest absolute Gasteiger partial charge is 0.427 e. The van der Waals surface area contributed by atoms with Crippen LogP contribution >= 0.6 is 38.9 Å². The number of hydrogen-bond donors (Lipinski definition) is 0. The minimum absolute atomic E-state index is 0.121. The van der Waals surface area contributed by atoms with E-state index < -0.39 is 11.1 Å². The van der Waals surface area contributed by atoms with Gasteiger partial charge in [-0.05, 0) is 28.1 Å². The van der Waals surface area contributed by atoms with Gasteiger partial charge in [0.25, 0.3) is 0 Å². The van der Waals surface area contributed by atoms with E-state index in [1.807, 2.05) is 0 Å². The fourth-order valence-corrected chi connectivity index (χ4v) is 2.29. The molecule has 0 unspecified atom stereocenters. The Morgan fingerprint density at radius 2 is 2.11 bits per heavy atom. The van der Waals surface area contributed by atoms with Crippen molar-refractivity contribution in [3.05, 3.63) is 37.8 Å². The van der Waals surface area contributed by atoms with E-state index in [2.05, 4.69) is 25.9 Å². The number of alkyl halides is 3. The Hall–Kier alpha value is -0.860. The third-order valence-corrected chi connectivity index (χ3v) is 3.69. The van der Waals surface area contributed by atoms with E-state index >= 15 is 0 Å². The number of halogens is 5. The molecule has 0 atom stereocenters. The predicted octanol–water partition coefficient (Wildman–Crippen LogP) is 4.55. The molecule has 2 aromatic rings. The first-order chi connectivity index (χ1) is 8.86. The van der Waals surface area contributed by atoms with Crippen LogP contribution < -0.4 is 4.74 Å². The SMILES string of the molecule is FC(F)(F)c1cnc(COc2nc(Br)ccc2Cl)s1. The second kappa shape index (κ2) is 5.64. The topological polar surface area (TPSA) is 35.0 Å². The average Bonchev–Trinajstić information content (AvgIpc) is 2.79. The minimum Gasteiger partial charge on any atom is -0.469 e. The minimum atomic E-state index is -4.39. The number of aromatic nitrogens is 2. The van der Waals surface area contributed by atoms with Gasteiger partial charge in [0.15, 0.2) is 0 Å². The van der Waals surface area contributed by atoms with Crippen molar-refractivity contribution in [2.75, 3.05) is 0 Å². The van der Waals surface area contributed by atoms with E-state index in [1.165, 1.54) is 0 Å². The third kappa shape index (κ3) is 3.80. The Bertz CT molecular complexity index is 590. The Morgan fingerprint density at radius 1 is 1.37 bits per heavy atom. The van der Waals surface area contributed by atoms with Gasteiger partial charge < -0.3 is 4.74 Å². The van der Waals surface area contributed by atoms with Crippen molar-refractivity contribution >= 4 is 38.9 Å². The van der Waals surface area contributed by atoms with E-state index in [0.29, 0.717) is 15.9 Å². The summed E-state index contributed by atoms with van der Waals surface area (Å²) >= 11 is 9.50. The predicted molar refractivity (Wildman–Crippen MR) is 68.4 cm³/mol. The molecule has 0 N–H and O–H groups in total. The van der Waals surface area contributed by atoms with Crippen LogP contribution in [-0.4, -0.2) is 9.97 Å². The molecule has 0 bridgehead atoms. The van der Waals surface area contributed by atoms with Crippen molar-refractivity contribution in [2.45, 2.75) is 12.8 Å². The first-order valence-corrected chi connectivity index (χ1v) is 6.82. The largest absolute Gasteiger partial charge is 0.469 e. The molecular formula is C10H5BrClF3N2OS. The van der Waals surface area contributed by atoms with Gasteiger partial charge in [-0.25, -0.2) is 9.97 Å². The van der Waals surface area contributed by atoms with E-state index in [-0.39, 0.29) is 22.5 Å². The molecule has 0 aliphatic carbocycles. The van der Waals surface area contributed by atoms with Gasteiger partial charge in [0.1, 0.15) is 26.1 Å². The van der Waals surface area contributed by atoms with Crippen LogP contribution in [0.25, 0.3) is 0 Å². The van der Waals surface area contributed by atoms with Crippen molar-refractivity contribution < 1.29 is 17.9 Å². The van der Waals surface area contributed by atoms with E-state index in [9.17, 15) is 13.2 Å². The second-order valence-electron chi connectivity index (χ2n) is 3.33. The van der Waals surface area contributed by atoms with Gasteiger partial charge in [-0.3, -0.25) is 0 Å². The highest BCUT2D eigenvalue weighted by Crippen LogP contribution is 2.33. The second-order valence-corrected chi connectivity index (χ2v) is 5.66. The summed E-state index contributed by atoms with van der Waals surface area (Å²) in [6.45, 7) is -0.121. The number of thiazole rings is 1. The molecule has 0 aliphatic rings. The summed E-state index contributed by atoms with van der Waals surface area (Å²) in [6.07, 6.45) is -3.61. The third-order valence-electron chi connectivity index (χ3n) is 1.95. The quantitative estimate of drug-likeness (QED) is 0.740. The molecule has 0 amide bonds. The lowest BCUT2D eigenvalue weighted by Crippen LogP contribution is -2.00. The Morgan fingerprint density at radius 3 is 2.74 bits per heavy atom. The molecule has 3 nitrogen and oxygen atoms in total. The van der Waals surface area contributed by atoms with Crippen molar-refractivity contribution in [3.63, 3.8) is 0 Å². The molecule has 2 heterocycles. The first kappa shape index (κ1) is 14.5. The summed E-state index contributed by atoms with van der Waals surface area (Å²) in [7, 11) is 0. The molecular weight excluding hydrogens is 369 g/mol. The number of hydrogen-bond acceptors (Lipinski definition) is 4. The fraction of sp³-hybridized carbons (Fsp3) is 0.200. The van der Waals surface area contributed by atoms with E-state index in [1.54, 1.807) is 12.1 Å². The maximum Gasteiger partial charge on any atom is 0.427 e. The molecule has 0 spiro atoms. The molecule has 0 radical (unpaired) electrons. The van der Waals surface area contributed by atoms with Gasteiger partial charge in [0.2, 0.25) is 5.88 Å². The Labute approximate surface area is 123 Å². The molecule has 2 rings (SSSR count). The van der Waals surface area contributed by atoms with Crippen LogP contribution in [0.4, 0.5) is 13.2 Å². The fourth-order valence-electron chi connectivity index (χ4n) is 1.14. The lowest BCUT2D eigenvalue weighted by molar-refractivity contribution is -0.134. The Kier molecular flexibility index (Phi) is 4.32. The number of nitrogens with zero attached hydrogens (tertiary/aromatic N) is 2. The average molecular weight is 374 g/mol. The van der Waals surface area contributed by atoms with Crippen LogP contribution in [0.1, 0.15) is 9.88 Å². The molecule has 2 aromatic heterocycles. The molecule has 0 fully saturated rings. The van der Waals surface area contributed by atoms with Crippen LogP contribution in [-0.2, 0) is 12.8 Å². The summed E-state index contributed by atoms with van der Waals surface area (Å²) in [5, 5.41) is 0.473. The summed E-state index contributed by atoms with van der Waals surface area (Å²) in [5.74, 6) is 0.139. The standard InChI is InChI=1S/C10H5BrClF3N2OS/c11-7-2-1-5(12)9(17-7)18-4-8-16-3-6(19-8)10(13,14)15/h1-3H,4H2. The van der Waals surface area contributed by atoms with Crippen LogP contribution in [0, 0.1) is 0 Å².